The van der Waals surface area contributed by atoms with E-state index in [9.17, 15) is 15.0 Å². The van der Waals surface area contributed by atoms with E-state index in [1.807, 2.05) is 0 Å². The van der Waals surface area contributed by atoms with Crippen LogP contribution < -0.4 is 11.1 Å². The highest BCUT2D eigenvalue weighted by Gasteiger charge is 2.21. The van der Waals surface area contributed by atoms with Gasteiger partial charge in [-0.1, -0.05) is 36.5 Å². The first-order chi connectivity index (χ1) is 8.43. The maximum Gasteiger partial charge on any atom is 0.216 e. The Kier molecular flexibility index (Phi) is 5.21. The van der Waals surface area contributed by atoms with Gasteiger partial charge in [0.2, 0.25) is 5.91 Å². The zero-order chi connectivity index (χ0) is 13.7. The van der Waals surface area contributed by atoms with Crippen LogP contribution in [0.2, 0.25) is 0 Å². The first-order valence-electron chi connectivity index (χ1n) is 5.42. The Morgan fingerprint density at radius 1 is 1.44 bits per heavy atom. The van der Waals surface area contributed by atoms with Gasteiger partial charge in [0, 0.05) is 19.0 Å². The summed E-state index contributed by atoms with van der Waals surface area (Å²) >= 11 is 4.88. The van der Waals surface area contributed by atoms with Gasteiger partial charge >= 0.3 is 0 Å². The van der Waals surface area contributed by atoms with E-state index < -0.39 is 12.2 Å². The summed E-state index contributed by atoms with van der Waals surface area (Å²) in [5, 5.41) is 22.2. The van der Waals surface area contributed by atoms with Crippen LogP contribution in [0.1, 0.15) is 24.2 Å². The molecular formula is C12H16N2O3S. The lowest BCUT2D eigenvalue weighted by atomic mass is 9.98. The van der Waals surface area contributed by atoms with Crippen LogP contribution in [-0.4, -0.2) is 33.8 Å². The summed E-state index contributed by atoms with van der Waals surface area (Å²) < 4.78 is 0. The van der Waals surface area contributed by atoms with Gasteiger partial charge in [-0.2, -0.15) is 0 Å². The molecule has 6 heteroatoms. The highest BCUT2D eigenvalue weighted by molar-refractivity contribution is 7.80. The van der Waals surface area contributed by atoms with Gasteiger partial charge < -0.3 is 21.3 Å². The van der Waals surface area contributed by atoms with Gasteiger partial charge in [-0.25, -0.2) is 0 Å². The molecule has 1 rings (SSSR count). The van der Waals surface area contributed by atoms with Crippen molar-refractivity contribution in [1.29, 1.82) is 0 Å². The molecule has 0 aliphatic heterocycles. The largest absolute Gasteiger partial charge is 0.389 e. The van der Waals surface area contributed by atoms with Crippen molar-refractivity contribution in [3.63, 3.8) is 0 Å². The molecule has 0 saturated heterocycles. The molecule has 0 heterocycles. The van der Waals surface area contributed by atoms with Crippen LogP contribution in [0.3, 0.4) is 0 Å². The highest BCUT2D eigenvalue weighted by Crippen LogP contribution is 2.21. The molecule has 18 heavy (non-hydrogen) atoms. The maximum atomic E-state index is 10.7. The lowest BCUT2D eigenvalue weighted by molar-refractivity contribution is -0.119. The topological polar surface area (TPSA) is 95.6 Å². The lowest BCUT2D eigenvalue weighted by Crippen LogP contribution is -2.34. The van der Waals surface area contributed by atoms with Crippen LogP contribution in [0.25, 0.3) is 0 Å². The predicted molar refractivity (Wildman–Crippen MR) is 72.0 cm³/mol. The molecule has 2 atom stereocenters. The molecule has 0 bridgehead atoms. The number of thiocarbonyl (C=S) groups is 1. The third-order valence-electron chi connectivity index (χ3n) is 2.47. The number of rotatable bonds is 5. The molecular weight excluding hydrogens is 252 g/mol. The normalized spacial score (nSPS) is 13.7. The SMILES string of the molecule is CC(=O)NCC(O)C(O)c1ccccc1C(N)=S. The molecule has 1 amide bonds. The second kappa shape index (κ2) is 6.44. The first-order valence-corrected chi connectivity index (χ1v) is 5.83. The molecule has 0 aromatic heterocycles. The molecule has 5 N–H and O–H groups in total. The summed E-state index contributed by atoms with van der Waals surface area (Å²) in [4.78, 5) is 10.9. The van der Waals surface area contributed by atoms with Gasteiger partial charge in [0.1, 0.15) is 17.2 Å². The Bertz CT molecular complexity index is 451. The van der Waals surface area contributed by atoms with E-state index in [1.165, 1.54) is 6.92 Å². The van der Waals surface area contributed by atoms with E-state index in [2.05, 4.69) is 5.32 Å². The number of aliphatic hydroxyl groups is 2. The van der Waals surface area contributed by atoms with Gasteiger partial charge in [-0.05, 0) is 5.56 Å². The van der Waals surface area contributed by atoms with Crippen molar-refractivity contribution >= 4 is 23.1 Å². The number of nitrogens with two attached hydrogens (primary N) is 1. The average molecular weight is 268 g/mol. The Labute approximate surface area is 111 Å². The number of hydrogen-bond acceptors (Lipinski definition) is 4. The summed E-state index contributed by atoms with van der Waals surface area (Å²) in [6.07, 6.45) is -2.28. The number of carbonyl (C=O) groups is 1. The number of amides is 1. The molecule has 2 unspecified atom stereocenters. The van der Waals surface area contributed by atoms with E-state index in [0.717, 1.165) is 0 Å². The second-order valence-corrected chi connectivity index (χ2v) is 4.34. The number of benzene rings is 1. The highest BCUT2D eigenvalue weighted by atomic mass is 32.1. The molecule has 0 aliphatic carbocycles. The Balaban J connectivity index is 2.86. The Hall–Kier alpha value is -1.50. The summed E-state index contributed by atoms with van der Waals surface area (Å²) in [6.45, 7) is 1.30. The zero-order valence-electron chi connectivity index (χ0n) is 9.96. The molecule has 1 aromatic carbocycles. The van der Waals surface area contributed by atoms with Crippen LogP contribution in [0.5, 0.6) is 0 Å². The fraction of sp³-hybridized carbons (Fsp3) is 0.333. The van der Waals surface area contributed by atoms with Gasteiger partial charge in [-0.3, -0.25) is 4.79 Å². The summed E-state index contributed by atoms with van der Waals surface area (Å²) in [7, 11) is 0. The van der Waals surface area contributed by atoms with Crippen molar-refractivity contribution in [3.8, 4) is 0 Å². The number of carbonyl (C=O) groups excluding carboxylic acids is 1. The molecule has 0 spiro atoms. The van der Waals surface area contributed by atoms with E-state index >= 15 is 0 Å². The fourth-order valence-electron chi connectivity index (χ4n) is 1.55. The van der Waals surface area contributed by atoms with Crippen molar-refractivity contribution in [2.45, 2.75) is 19.1 Å². The Morgan fingerprint density at radius 2 is 2.06 bits per heavy atom. The van der Waals surface area contributed by atoms with Crippen LogP contribution in [-0.2, 0) is 4.79 Å². The van der Waals surface area contributed by atoms with Crippen LogP contribution in [0.4, 0.5) is 0 Å². The molecule has 1 aromatic rings. The van der Waals surface area contributed by atoms with E-state index in [-0.39, 0.29) is 17.4 Å². The van der Waals surface area contributed by atoms with E-state index in [4.69, 9.17) is 18.0 Å². The average Bonchev–Trinajstić information content (AvgIpc) is 2.34. The molecule has 0 saturated carbocycles. The monoisotopic (exact) mass is 268 g/mol. The minimum atomic E-state index is -1.16. The molecule has 0 aliphatic rings. The number of nitrogens with one attached hydrogen (secondary N) is 1. The summed E-state index contributed by atoms with van der Waals surface area (Å²) in [5.41, 5.74) is 6.51. The first kappa shape index (κ1) is 14.6. The van der Waals surface area contributed by atoms with Crippen LogP contribution >= 0.6 is 12.2 Å². The molecule has 98 valence electrons. The summed E-state index contributed by atoms with van der Waals surface area (Å²) in [6, 6.07) is 6.76. The van der Waals surface area contributed by atoms with Gasteiger partial charge in [0.15, 0.2) is 0 Å². The fourth-order valence-corrected chi connectivity index (χ4v) is 1.73. The minimum absolute atomic E-state index is 0.0395. The smallest absolute Gasteiger partial charge is 0.216 e. The maximum absolute atomic E-state index is 10.7. The summed E-state index contributed by atoms with van der Waals surface area (Å²) in [5.74, 6) is -0.274. The zero-order valence-corrected chi connectivity index (χ0v) is 10.8. The quantitative estimate of drug-likeness (QED) is 0.557. The molecule has 0 radical (unpaired) electrons. The van der Waals surface area contributed by atoms with Crippen LogP contribution in [0, 0.1) is 0 Å². The second-order valence-electron chi connectivity index (χ2n) is 3.90. The van der Waals surface area contributed by atoms with Gasteiger partial charge in [-0.15, -0.1) is 0 Å². The third-order valence-corrected chi connectivity index (χ3v) is 2.69. The van der Waals surface area contributed by atoms with E-state index in [1.54, 1.807) is 24.3 Å². The van der Waals surface area contributed by atoms with Gasteiger partial charge in [0.05, 0.1) is 0 Å². The van der Waals surface area contributed by atoms with Crippen molar-refractivity contribution < 1.29 is 15.0 Å². The van der Waals surface area contributed by atoms with Crippen molar-refractivity contribution in [2.24, 2.45) is 5.73 Å². The third kappa shape index (κ3) is 3.76. The molecule has 5 nitrogen and oxygen atoms in total. The van der Waals surface area contributed by atoms with Crippen molar-refractivity contribution in [3.05, 3.63) is 35.4 Å². The van der Waals surface area contributed by atoms with E-state index in [0.29, 0.717) is 11.1 Å². The standard InChI is InChI=1S/C12H16N2O3S/c1-7(15)14-6-10(16)11(17)8-4-2-3-5-9(8)12(13)18/h2-5,10-11,16-17H,6H2,1H3,(H2,13,18)(H,14,15). The van der Waals surface area contributed by atoms with Crippen molar-refractivity contribution in [2.75, 3.05) is 6.54 Å². The van der Waals surface area contributed by atoms with Crippen LogP contribution in [0.15, 0.2) is 24.3 Å². The number of hydrogen-bond donors (Lipinski definition) is 4. The lowest BCUT2D eigenvalue weighted by Gasteiger charge is -2.20. The van der Waals surface area contributed by atoms with Crippen molar-refractivity contribution in [1.82, 2.24) is 5.32 Å². The molecule has 0 fully saturated rings. The minimum Gasteiger partial charge on any atom is -0.389 e. The number of aliphatic hydroxyl groups excluding tert-OH is 2. The predicted octanol–water partition coefficient (Wildman–Crippen LogP) is -0.149. The Morgan fingerprint density at radius 3 is 2.61 bits per heavy atom. The van der Waals surface area contributed by atoms with Gasteiger partial charge in [0.25, 0.3) is 0 Å².